The van der Waals surface area contributed by atoms with Gasteiger partial charge in [0, 0.05) is 11.4 Å². The summed E-state index contributed by atoms with van der Waals surface area (Å²) in [7, 11) is 0. The summed E-state index contributed by atoms with van der Waals surface area (Å²) in [4.78, 5) is 0. The topological polar surface area (TPSA) is 55.3 Å². The average molecular weight is 263 g/mol. The molecule has 0 atom stereocenters. The van der Waals surface area contributed by atoms with Crippen LogP contribution in [0.3, 0.4) is 0 Å². The van der Waals surface area contributed by atoms with Gasteiger partial charge in [0.2, 0.25) is 0 Å². The van der Waals surface area contributed by atoms with Crippen molar-refractivity contribution < 1.29 is 0 Å². The standard InChI is InChI=1S/C12H14N3PS/c13-16(14,17)15(11-7-3-1-4-8-11)12-9-5-2-6-10-12/h1-10H,(H4,13,14,17). The summed E-state index contributed by atoms with van der Waals surface area (Å²) < 4.78 is 1.84. The third-order valence-electron chi connectivity index (χ3n) is 2.31. The van der Waals surface area contributed by atoms with Gasteiger partial charge >= 0.3 is 0 Å². The van der Waals surface area contributed by atoms with Crippen LogP contribution in [0.1, 0.15) is 0 Å². The quantitative estimate of drug-likeness (QED) is 0.836. The minimum atomic E-state index is -2.55. The molecule has 4 N–H and O–H groups in total. The van der Waals surface area contributed by atoms with Crippen LogP contribution in [-0.2, 0) is 11.8 Å². The molecule has 0 saturated carbocycles. The smallest absolute Gasteiger partial charge is 0.163 e. The van der Waals surface area contributed by atoms with Crippen LogP contribution in [0.15, 0.2) is 60.7 Å². The number of nitrogens with zero attached hydrogens (tertiary/aromatic N) is 1. The van der Waals surface area contributed by atoms with Gasteiger partial charge in [0.05, 0.1) is 0 Å². The highest BCUT2D eigenvalue weighted by atomic mass is 32.4. The molecule has 88 valence electrons. The van der Waals surface area contributed by atoms with Gasteiger partial charge in [0.1, 0.15) is 0 Å². The number of anilines is 2. The van der Waals surface area contributed by atoms with Gasteiger partial charge in [0.15, 0.2) is 6.49 Å². The zero-order valence-electron chi connectivity index (χ0n) is 9.23. The molecule has 3 nitrogen and oxygen atoms in total. The molecule has 0 fully saturated rings. The van der Waals surface area contributed by atoms with Crippen LogP contribution in [-0.4, -0.2) is 0 Å². The zero-order valence-corrected chi connectivity index (χ0v) is 10.9. The second kappa shape index (κ2) is 4.98. The molecule has 0 spiro atoms. The molecule has 2 aromatic carbocycles. The van der Waals surface area contributed by atoms with Gasteiger partial charge < -0.3 is 0 Å². The second-order valence-electron chi connectivity index (χ2n) is 3.66. The Balaban J connectivity index is 2.52. The van der Waals surface area contributed by atoms with E-state index in [0.29, 0.717) is 0 Å². The molecule has 2 aromatic rings. The molecule has 17 heavy (non-hydrogen) atoms. The summed E-state index contributed by atoms with van der Waals surface area (Å²) in [6.07, 6.45) is 0. The van der Waals surface area contributed by atoms with Gasteiger partial charge in [-0.05, 0) is 36.1 Å². The summed E-state index contributed by atoms with van der Waals surface area (Å²) in [5, 5.41) is 0. The first kappa shape index (κ1) is 12.3. The minimum absolute atomic E-state index is 0.923. The fourth-order valence-electron chi connectivity index (χ4n) is 1.65. The molecule has 0 aromatic heterocycles. The molecule has 0 unspecified atom stereocenters. The number of hydrogen-bond acceptors (Lipinski definition) is 1. The van der Waals surface area contributed by atoms with Gasteiger partial charge in [0.25, 0.3) is 0 Å². The molecule has 0 radical (unpaired) electrons. The first-order valence-corrected chi connectivity index (χ1v) is 8.06. The predicted molar refractivity (Wildman–Crippen MR) is 77.7 cm³/mol. The maximum Gasteiger partial charge on any atom is 0.163 e. The first-order valence-electron chi connectivity index (χ1n) is 5.17. The SMILES string of the molecule is NP(N)(=S)N(c1ccccc1)c1ccccc1. The Bertz CT molecular complexity index is 484. The highest BCUT2D eigenvalue weighted by Gasteiger charge is 2.18. The Morgan fingerprint density at radius 1 is 0.765 bits per heavy atom. The molecule has 0 aliphatic rings. The lowest BCUT2D eigenvalue weighted by molar-refractivity contribution is 1.38. The van der Waals surface area contributed by atoms with Crippen molar-refractivity contribution in [1.29, 1.82) is 0 Å². The van der Waals surface area contributed by atoms with Crippen molar-refractivity contribution in [3.05, 3.63) is 60.7 Å². The lowest BCUT2D eigenvalue weighted by Crippen LogP contribution is -2.24. The van der Waals surface area contributed by atoms with E-state index in [9.17, 15) is 0 Å². The Labute approximate surface area is 106 Å². The van der Waals surface area contributed by atoms with E-state index in [4.69, 9.17) is 22.8 Å². The zero-order chi connectivity index (χ0) is 12.3. The van der Waals surface area contributed by atoms with Gasteiger partial charge in [-0.1, -0.05) is 36.4 Å². The summed E-state index contributed by atoms with van der Waals surface area (Å²) >= 11 is 5.26. The van der Waals surface area contributed by atoms with Crippen molar-refractivity contribution >= 4 is 29.7 Å². The maximum absolute atomic E-state index is 5.97. The fourth-order valence-corrected chi connectivity index (χ4v) is 3.20. The number of rotatable bonds is 3. The van der Waals surface area contributed by atoms with E-state index in [-0.39, 0.29) is 0 Å². The summed E-state index contributed by atoms with van der Waals surface area (Å²) in [5.41, 5.74) is 13.8. The fraction of sp³-hybridized carbons (Fsp3) is 0. The van der Waals surface area contributed by atoms with E-state index < -0.39 is 6.49 Å². The van der Waals surface area contributed by atoms with E-state index in [1.54, 1.807) is 0 Å². The Morgan fingerprint density at radius 3 is 1.41 bits per heavy atom. The van der Waals surface area contributed by atoms with Crippen LogP contribution in [0.25, 0.3) is 0 Å². The number of benzene rings is 2. The Hall–Kier alpha value is -1.19. The molecular formula is C12H14N3PS. The van der Waals surface area contributed by atoms with Crippen molar-refractivity contribution in [2.45, 2.75) is 0 Å². The van der Waals surface area contributed by atoms with Crippen LogP contribution >= 0.6 is 6.49 Å². The molecule has 5 heteroatoms. The third-order valence-corrected chi connectivity index (χ3v) is 3.89. The number of para-hydroxylation sites is 2. The molecule has 0 saturated heterocycles. The van der Waals surface area contributed by atoms with E-state index in [2.05, 4.69) is 0 Å². The van der Waals surface area contributed by atoms with Crippen LogP contribution in [0.5, 0.6) is 0 Å². The summed E-state index contributed by atoms with van der Waals surface area (Å²) in [6, 6.07) is 19.5. The molecule has 0 amide bonds. The Kier molecular flexibility index (Phi) is 3.60. The first-order chi connectivity index (χ1) is 8.09. The molecular weight excluding hydrogens is 249 g/mol. The van der Waals surface area contributed by atoms with Gasteiger partial charge in [-0.2, -0.15) is 0 Å². The van der Waals surface area contributed by atoms with E-state index in [0.717, 1.165) is 11.4 Å². The van der Waals surface area contributed by atoms with E-state index >= 15 is 0 Å². The highest BCUT2D eigenvalue weighted by Crippen LogP contribution is 2.44. The van der Waals surface area contributed by atoms with Gasteiger partial charge in [-0.25, -0.2) is 0 Å². The molecule has 0 bridgehead atoms. The largest absolute Gasteiger partial charge is 0.290 e. The molecule has 2 rings (SSSR count). The van der Waals surface area contributed by atoms with Crippen molar-refractivity contribution in [3.63, 3.8) is 0 Å². The van der Waals surface area contributed by atoms with Crippen molar-refractivity contribution in [2.24, 2.45) is 11.0 Å². The highest BCUT2D eigenvalue weighted by molar-refractivity contribution is 8.13. The van der Waals surface area contributed by atoms with Gasteiger partial charge in [-0.15, -0.1) is 0 Å². The lowest BCUT2D eigenvalue weighted by Gasteiger charge is -2.30. The van der Waals surface area contributed by atoms with Crippen LogP contribution in [0, 0.1) is 0 Å². The summed E-state index contributed by atoms with van der Waals surface area (Å²) in [6.45, 7) is -2.55. The summed E-state index contributed by atoms with van der Waals surface area (Å²) in [5.74, 6) is 0. The second-order valence-corrected chi connectivity index (χ2v) is 7.16. The monoisotopic (exact) mass is 263 g/mol. The Morgan fingerprint density at radius 2 is 1.12 bits per heavy atom. The van der Waals surface area contributed by atoms with E-state index in [1.165, 1.54) is 0 Å². The normalized spacial score (nSPS) is 11.2. The number of nitrogens with two attached hydrogens (primary N) is 2. The lowest BCUT2D eigenvalue weighted by atomic mass is 10.3. The third kappa shape index (κ3) is 2.93. The van der Waals surface area contributed by atoms with Crippen molar-refractivity contribution in [2.75, 3.05) is 4.67 Å². The average Bonchev–Trinajstić information content (AvgIpc) is 2.30. The van der Waals surface area contributed by atoms with Crippen LogP contribution < -0.4 is 15.7 Å². The maximum atomic E-state index is 5.97. The van der Waals surface area contributed by atoms with Gasteiger partial charge in [-0.3, -0.25) is 15.7 Å². The van der Waals surface area contributed by atoms with Crippen LogP contribution in [0.4, 0.5) is 11.4 Å². The molecule has 0 heterocycles. The minimum Gasteiger partial charge on any atom is -0.290 e. The predicted octanol–water partition coefficient (Wildman–Crippen LogP) is 2.97. The van der Waals surface area contributed by atoms with Crippen molar-refractivity contribution in [1.82, 2.24) is 0 Å². The van der Waals surface area contributed by atoms with Crippen LogP contribution in [0.2, 0.25) is 0 Å². The van der Waals surface area contributed by atoms with Crippen molar-refractivity contribution in [3.8, 4) is 0 Å². The number of hydrogen-bond donors (Lipinski definition) is 2. The molecule has 0 aliphatic carbocycles. The molecule has 0 aliphatic heterocycles. The van der Waals surface area contributed by atoms with E-state index in [1.807, 2.05) is 65.3 Å².